The Bertz CT molecular complexity index is 1110. The Kier molecular flexibility index (Phi) is 7.77. The molecule has 32 heavy (non-hydrogen) atoms. The van der Waals surface area contributed by atoms with E-state index in [1.165, 1.54) is 0 Å². The van der Waals surface area contributed by atoms with E-state index in [9.17, 15) is 14.4 Å². The van der Waals surface area contributed by atoms with Gasteiger partial charge in [0.15, 0.2) is 12.3 Å². The molecule has 3 aromatic rings. The summed E-state index contributed by atoms with van der Waals surface area (Å²) in [5, 5.41) is 10.2. The first kappa shape index (κ1) is 23.2. The number of nitrogens with one attached hydrogen (secondary N) is 2. The van der Waals surface area contributed by atoms with Crippen LogP contribution < -0.4 is 5.32 Å². The number of ketones is 1. The third kappa shape index (κ3) is 5.42. The Labute approximate surface area is 186 Å². The zero-order valence-electron chi connectivity index (χ0n) is 18.6. The van der Waals surface area contributed by atoms with Gasteiger partial charge in [-0.1, -0.05) is 18.2 Å². The summed E-state index contributed by atoms with van der Waals surface area (Å²) in [4.78, 5) is 36.9. The molecule has 9 heteroatoms. The third-order valence-electron chi connectivity index (χ3n) is 5.27. The molecule has 3 rings (SSSR count). The first-order valence-electron chi connectivity index (χ1n) is 10.5. The van der Waals surface area contributed by atoms with Crippen LogP contribution in [0.5, 0.6) is 0 Å². The number of ether oxygens (including phenoxy) is 2. The van der Waals surface area contributed by atoms with Gasteiger partial charge in [-0.15, -0.1) is 0 Å². The lowest BCUT2D eigenvalue weighted by molar-refractivity contribution is -0.142. The molecular formula is C23H28N4O5. The van der Waals surface area contributed by atoms with E-state index in [0.717, 1.165) is 29.9 Å². The number of aryl methyl sites for hydroxylation is 1. The second-order valence-electron chi connectivity index (χ2n) is 7.49. The minimum absolute atomic E-state index is 0.0442. The van der Waals surface area contributed by atoms with Crippen molar-refractivity contribution in [2.24, 2.45) is 0 Å². The highest BCUT2D eigenvalue weighted by Crippen LogP contribution is 2.17. The first-order valence-corrected chi connectivity index (χ1v) is 10.5. The monoisotopic (exact) mass is 440 g/mol. The molecule has 0 aliphatic heterocycles. The molecule has 0 fully saturated rings. The lowest BCUT2D eigenvalue weighted by Gasteiger charge is -2.09. The number of nitrogens with zero attached hydrogens (tertiary/aromatic N) is 2. The number of H-pyrrole nitrogens is 1. The van der Waals surface area contributed by atoms with Gasteiger partial charge < -0.3 is 19.4 Å². The molecule has 0 saturated heterocycles. The summed E-state index contributed by atoms with van der Waals surface area (Å²) in [6.45, 7) is 4.96. The van der Waals surface area contributed by atoms with Gasteiger partial charge in [-0.3, -0.25) is 19.5 Å². The minimum atomic E-state index is -0.556. The number of carbonyl (C=O) groups is 3. The van der Waals surface area contributed by atoms with Crippen LogP contribution in [0.15, 0.2) is 30.3 Å². The van der Waals surface area contributed by atoms with Gasteiger partial charge in [0.2, 0.25) is 5.78 Å². The molecule has 2 heterocycles. The Morgan fingerprint density at radius 1 is 1.19 bits per heavy atom. The SMILES string of the molecule is COCCCn1c(C)cc(C(=O)COC(=O)CCNC(=O)c2n[nH]c3ccccc23)c1C. The zero-order valence-corrected chi connectivity index (χ0v) is 18.6. The van der Waals surface area contributed by atoms with E-state index < -0.39 is 5.97 Å². The molecule has 0 aliphatic rings. The standard InChI is InChI=1S/C23H28N4O5/c1-15-13-18(16(2)27(15)11-6-12-31-3)20(28)14-32-21(29)9-10-24-23(30)22-17-7-4-5-8-19(17)25-26-22/h4-5,7-8,13H,6,9-12,14H2,1-3H3,(H,24,30)(H,25,26). The topological polar surface area (TPSA) is 115 Å². The Morgan fingerprint density at radius 3 is 2.75 bits per heavy atom. The second-order valence-corrected chi connectivity index (χ2v) is 7.49. The summed E-state index contributed by atoms with van der Waals surface area (Å²) in [5.74, 6) is -1.19. The van der Waals surface area contributed by atoms with Crippen molar-refractivity contribution in [3.05, 3.63) is 53.0 Å². The van der Waals surface area contributed by atoms with E-state index in [4.69, 9.17) is 9.47 Å². The molecule has 2 N–H and O–H groups in total. The number of aromatic amines is 1. The number of amides is 1. The lowest BCUT2D eigenvalue weighted by Crippen LogP contribution is -2.27. The molecule has 0 spiro atoms. The maximum atomic E-state index is 12.5. The Morgan fingerprint density at radius 2 is 1.97 bits per heavy atom. The number of para-hydroxylation sites is 1. The van der Waals surface area contributed by atoms with E-state index in [0.29, 0.717) is 17.6 Å². The van der Waals surface area contributed by atoms with Gasteiger partial charge in [0, 0.05) is 49.1 Å². The van der Waals surface area contributed by atoms with Gasteiger partial charge in [0.25, 0.3) is 5.91 Å². The van der Waals surface area contributed by atoms with Gasteiger partial charge in [0.1, 0.15) is 0 Å². The van der Waals surface area contributed by atoms with Crippen LogP contribution in [0.1, 0.15) is 45.1 Å². The van der Waals surface area contributed by atoms with Gasteiger partial charge in [-0.05, 0) is 32.4 Å². The highest BCUT2D eigenvalue weighted by atomic mass is 16.5. The molecular weight excluding hydrogens is 412 g/mol. The molecule has 0 aliphatic carbocycles. The number of hydrogen-bond donors (Lipinski definition) is 2. The molecule has 0 saturated carbocycles. The van der Waals surface area contributed by atoms with Crippen LogP contribution >= 0.6 is 0 Å². The largest absolute Gasteiger partial charge is 0.457 e. The van der Waals surface area contributed by atoms with Crippen molar-refractivity contribution in [2.75, 3.05) is 26.9 Å². The number of benzene rings is 1. The summed E-state index contributed by atoms with van der Waals surface area (Å²) in [6.07, 6.45) is 0.798. The van der Waals surface area contributed by atoms with Gasteiger partial charge >= 0.3 is 5.97 Å². The fourth-order valence-corrected chi connectivity index (χ4v) is 3.59. The maximum Gasteiger partial charge on any atom is 0.308 e. The Balaban J connectivity index is 1.45. The van der Waals surface area contributed by atoms with Crippen LogP contribution in [0.25, 0.3) is 10.9 Å². The summed E-state index contributed by atoms with van der Waals surface area (Å²) >= 11 is 0. The van der Waals surface area contributed by atoms with Crippen molar-refractivity contribution in [3.8, 4) is 0 Å². The van der Waals surface area contributed by atoms with Crippen LogP contribution in [0.4, 0.5) is 0 Å². The number of esters is 1. The molecule has 0 atom stereocenters. The molecule has 0 bridgehead atoms. The van der Waals surface area contributed by atoms with Crippen LogP contribution in [0.2, 0.25) is 0 Å². The summed E-state index contributed by atoms with van der Waals surface area (Å²) < 4.78 is 12.3. The van der Waals surface area contributed by atoms with Crippen LogP contribution in [0.3, 0.4) is 0 Å². The number of carbonyl (C=O) groups excluding carboxylic acids is 3. The van der Waals surface area contributed by atoms with Crippen LogP contribution in [0, 0.1) is 13.8 Å². The highest BCUT2D eigenvalue weighted by Gasteiger charge is 2.18. The lowest BCUT2D eigenvalue weighted by atomic mass is 10.1. The third-order valence-corrected chi connectivity index (χ3v) is 5.27. The maximum absolute atomic E-state index is 12.5. The van der Waals surface area contributed by atoms with E-state index in [1.807, 2.05) is 38.1 Å². The predicted molar refractivity (Wildman–Crippen MR) is 119 cm³/mol. The van der Waals surface area contributed by atoms with Crippen molar-refractivity contribution in [3.63, 3.8) is 0 Å². The van der Waals surface area contributed by atoms with Gasteiger partial charge in [-0.2, -0.15) is 5.10 Å². The van der Waals surface area contributed by atoms with Crippen molar-refractivity contribution in [1.82, 2.24) is 20.1 Å². The van der Waals surface area contributed by atoms with E-state index in [2.05, 4.69) is 20.1 Å². The summed E-state index contributed by atoms with van der Waals surface area (Å²) in [6, 6.07) is 9.10. The average molecular weight is 441 g/mol. The summed E-state index contributed by atoms with van der Waals surface area (Å²) in [5.41, 5.74) is 3.39. The van der Waals surface area contributed by atoms with Gasteiger partial charge in [-0.25, -0.2) is 0 Å². The smallest absolute Gasteiger partial charge is 0.308 e. The van der Waals surface area contributed by atoms with Crippen molar-refractivity contribution in [2.45, 2.75) is 33.2 Å². The molecule has 0 unspecified atom stereocenters. The van der Waals surface area contributed by atoms with Crippen molar-refractivity contribution >= 4 is 28.6 Å². The molecule has 9 nitrogen and oxygen atoms in total. The normalized spacial score (nSPS) is 11.0. The number of hydrogen-bond acceptors (Lipinski definition) is 6. The fraction of sp³-hybridized carbons (Fsp3) is 0.391. The molecule has 2 aromatic heterocycles. The number of aromatic nitrogens is 3. The minimum Gasteiger partial charge on any atom is -0.457 e. The van der Waals surface area contributed by atoms with Crippen LogP contribution in [-0.4, -0.2) is 59.3 Å². The molecule has 1 aromatic carbocycles. The molecule has 170 valence electrons. The number of rotatable bonds is 11. The van der Waals surface area contributed by atoms with E-state index >= 15 is 0 Å². The van der Waals surface area contributed by atoms with E-state index in [-0.39, 0.29) is 37.0 Å². The van der Waals surface area contributed by atoms with Crippen molar-refractivity contribution < 1.29 is 23.9 Å². The van der Waals surface area contributed by atoms with Crippen LogP contribution in [-0.2, 0) is 20.8 Å². The fourth-order valence-electron chi connectivity index (χ4n) is 3.59. The zero-order chi connectivity index (χ0) is 23.1. The average Bonchev–Trinajstić information content (AvgIpc) is 3.34. The predicted octanol–water partition coefficient (Wildman–Crippen LogP) is 2.56. The highest BCUT2D eigenvalue weighted by molar-refractivity contribution is 6.04. The second kappa shape index (κ2) is 10.7. The molecule has 0 radical (unpaired) electrons. The molecule has 1 amide bonds. The van der Waals surface area contributed by atoms with Gasteiger partial charge in [0.05, 0.1) is 11.9 Å². The Hall–Kier alpha value is -3.46. The summed E-state index contributed by atoms with van der Waals surface area (Å²) in [7, 11) is 1.66. The quantitative estimate of drug-likeness (QED) is 0.269. The number of Topliss-reactive ketones (excluding diaryl/α,β-unsaturated/α-hetero) is 1. The first-order chi connectivity index (χ1) is 15.4. The van der Waals surface area contributed by atoms with E-state index in [1.54, 1.807) is 13.2 Å². The van der Waals surface area contributed by atoms with Crippen molar-refractivity contribution in [1.29, 1.82) is 0 Å². The number of methoxy groups -OCH3 is 1. The number of fused-ring (bicyclic) bond motifs is 1.